The Morgan fingerprint density at radius 2 is 1.79 bits per heavy atom. The number of hydrogen-bond donors (Lipinski definition) is 0. The van der Waals surface area contributed by atoms with Crippen molar-refractivity contribution in [3.05, 3.63) is 12.2 Å². The van der Waals surface area contributed by atoms with Gasteiger partial charge in [-0.25, -0.2) is 0 Å². The Labute approximate surface area is 89.3 Å². The molecule has 1 atom stereocenters. The highest BCUT2D eigenvalue weighted by Crippen LogP contribution is 2.37. The van der Waals surface area contributed by atoms with E-state index in [-0.39, 0.29) is 5.54 Å². The first-order chi connectivity index (χ1) is 6.27. The lowest BCUT2D eigenvalue weighted by Gasteiger charge is -2.36. The molecule has 82 valence electrons. The first-order valence-electron chi connectivity index (χ1n) is 5.39. The lowest BCUT2D eigenvalue weighted by atomic mass is 9.72. The Morgan fingerprint density at radius 1 is 1.29 bits per heavy atom. The van der Waals surface area contributed by atoms with Gasteiger partial charge in [-0.05, 0) is 38.3 Å². The van der Waals surface area contributed by atoms with Crippen LogP contribution in [0.4, 0.5) is 0 Å². The van der Waals surface area contributed by atoms with E-state index in [1.165, 1.54) is 0 Å². The van der Waals surface area contributed by atoms with Crippen molar-refractivity contribution in [1.82, 2.24) is 0 Å². The first-order valence-corrected chi connectivity index (χ1v) is 5.39. The molecule has 0 aliphatic rings. The molecule has 0 bridgehead atoms. The fourth-order valence-electron chi connectivity index (χ4n) is 1.65. The zero-order valence-corrected chi connectivity index (χ0v) is 10.6. The molecule has 0 saturated carbocycles. The van der Waals surface area contributed by atoms with Crippen LogP contribution in [0.5, 0.6) is 0 Å². The normalized spacial score (nSPS) is 17.4. The van der Waals surface area contributed by atoms with Gasteiger partial charge in [0, 0.05) is 0 Å². The van der Waals surface area contributed by atoms with E-state index in [0.29, 0.717) is 11.3 Å². The van der Waals surface area contributed by atoms with Crippen molar-refractivity contribution in [3.63, 3.8) is 0 Å². The van der Waals surface area contributed by atoms with E-state index in [0.717, 1.165) is 6.42 Å². The fourth-order valence-corrected chi connectivity index (χ4v) is 1.65. The third kappa shape index (κ3) is 3.65. The van der Waals surface area contributed by atoms with E-state index in [1.807, 2.05) is 6.92 Å². The van der Waals surface area contributed by atoms with Gasteiger partial charge in [0.15, 0.2) is 0 Å². The molecular formula is C13H25N. The Balaban J connectivity index is 4.69. The van der Waals surface area contributed by atoms with Crippen LogP contribution in [0.2, 0.25) is 0 Å². The third-order valence-electron chi connectivity index (χ3n) is 3.26. The molecule has 0 heterocycles. The Bertz CT molecular complexity index is 213. The monoisotopic (exact) mass is 195 g/mol. The maximum atomic E-state index is 4.24. The van der Waals surface area contributed by atoms with Crippen molar-refractivity contribution < 1.29 is 0 Å². The van der Waals surface area contributed by atoms with E-state index in [1.54, 1.807) is 0 Å². The van der Waals surface area contributed by atoms with Gasteiger partial charge in [-0.1, -0.05) is 39.8 Å². The average molecular weight is 195 g/mol. The predicted molar refractivity (Wildman–Crippen MR) is 66.0 cm³/mol. The molecule has 0 amide bonds. The first kappa shape index (κ1) is 13.4. The van der Waals surface area contributed by atoms with Crippen molar-refractivity contribution in [2.45, 2.75) is 53.5 Å². The number of allylic oxidation sites excluding steroid dienone is 1. The quantitative estimate of drug-likeness (QED) is 0.463. The van der Waals surface area contributed by atoms with Crippen molar-refractivity contribution in [2.75, 3.05) is 0 Å². The molecule has 0 aromatic rings. The van der Waals surface area contributed by atoms with Crippen LogP contribution in [-0.4, -0.2) is 12.3 Å². The van der Waals surface area contributed by atoms with E-state index >= 15 is 0 Å². The van der Waals surface area contributed by atoms with Gasteiger partial charge in [0.1, 0.15) is 0 Å². The van der Waals surface area contributed by atoms with Crippen LogP contribution in [0.15, 0.2) is 17.1 Å². The molecule has 0 radical (unpaired) electrons. The molecule has 0 rings (SSSR count). The summed E-state index contributed by atoms with van der Waals surface area (Å²) in [6, 6.07) is 0. The largest absolute Gasteiger partial charge is 0.290 e. The van der Waals surface area contributed by atoms with Gasteiger partial charge in [0.2, 0.25) is 0 Å². The molecule has 1 unspecified atom stereocenters. The maximum absolute atomic E-state index is 4.24. The summed E-state index contributed by atoms with van der Waals surface area (Å²) in [5, 5.41) is 0. The standard InChI is InChI=1S/C13H25N/c1-8-9-13(6,14-7)10-12(4,5)11(2)3/h8-9,11H,7,10H2,1-6H3. The zero-order chi connectivity index (χ0) is 11.4. The highest BCUT2D eigenvalue weighted by atomic mass is 14.8. The van der Waals surface area contributed by atoms with Gasteiger partial charge >= 0.3 is 0 Å². The van der Waals surface area contributed by atoms with Crippen LogP contribution in [-0.2, 0) is 0 Å². The van der Waals surface area contributed by atoms with E-state index in [2.05, 4.69) is 58.5 Å². The van der Waals surface area contributed by atoms with Crippen molar-refractivity contribution in [2.24, 2.45) is 16.3 Å². The summed E-state index contributed by atoms with van der Waals surface area (Å²) in [7, 11) is 0. The average Bonchev–Trinajstić information content (AvgIpc) is 2.03. The summed E-state index contributed by atoms with van der Waals surface area (Å²) >= 11 is 0. The molecule has 0 saturated heterocycles. The molecule has 0 aromatic carbocycles. The SMILES string of the molecule is C=NC(C)(C=CC)CC(C)(C)C(C)C. The highest BCUT2D eigenvalue weighted by Gasteiger charge is 2.31. The minimum Gasteiger partial charge on any atom is -0.290 e. The summed E-state index contributed by atoms with van der Waals surface area (Å²) < 4.78 is 0. The van der Waals surface area contributed by atoms with Gasteiger partial charge in [-0.2, -0.15) is 0 Å². The summed E-state index contributed by atoms with van der Waals surface area (Å²) in [6.45, 7) is 17.0. The van der Waals surface area contributed by atoms with Crippen LogP contribution in [0.3, 0.4) is 0 Å². The number of aliphatic imine (C=N–C) groups is 1. The minimum atomic E-state index is -0.109. The Kier molecular flexibility index (Phi) is 4.57. The van der Waals surface area contributed by atoms with Crippen LogP contribution in [0.1, 0.15) is 48.0 Å². The molecule has 1 heteroatoms. The molecule has 0 N–H and O–H groups in total. The second-order valence-corrected chi connectivity index (χ2v) is 5.34. The molecule has 1 nitrogen and oxygen atoms in total. The van der Waals surface area contributed by atoms with E-state index < -0.39 is 0 Å². The second kappa shape index (κ2) is 4.77. The molecule has 0 fully saturated rings. The molecule has 0 aliphatic carbocycles. The highest BCUT2D eigenvalue weighted by molar-refractivity contribution is 5.28. The Hall–Kier alpha value is -0.590. The smallest absolute Gasteiger partial charge is 0.0757 e. The van der Waals surface area contributed by atoms with E-state index in [4.69, 9.17) is 0 Å². The number of nitrogens with zero attached hydrogens (tertiary/aromatic N) is 1. The van der Waals surface area contributed by atoms with Crippen molar-refractivity contribution >= 4 is 6.72 Å². The number of rotatable bonds is 5. The molecule has 14 heavy (non-hydrogen) atoms. The van der Waals surface area contributed by atoms with Crippen molar-refractivity contribution in [1.29, 1.82) is 0 Å². The van der Waals surface area contributed by atoms with Gasteiger partial charge in [0.25, 0.3) is 0 Å². The van der Waals surface area contributed by atoms with Gasteiger partial charge < -0.3 is 0 Å². The summed E-state index contributed by atoms with van der Waals surface area (Å²) in [5.41, 5.74) is 0.192. The summed E-state index contributed by atoms with van der Waals surface area (Å²) in [5.74, 6) is 0.661. The fraction of sp³-hybridized carbons (Fsp3) is 0.769. The molecular weight excluding hydrogens is 170 g/mol. The van der Waals surface area contributed by atoms with Crippen LogP contribution < -0.4 is 0 Å². The van der Waals surface area contributed by atoms with Gasteiger partial charge in [-0.3, -0.25) is 4.99 Å². The van der Waals surface area contributed by atoms with Crippen molar-refractivity contribution in [3.8, 4) is 0 Å². The zero-order valence-electron chi connectivity index (χ0n) is 10.6. The molecule has 0 spiro atoms. The molecule has 0 aliphatic heterocycles. The maximum Gasteiger partial charge on any atom is 0.0757 e. The summed E-state index contributed by atoms with van der Waals surface area (Å²) in [6.07, 6.45) is 5.25. The summed E-state index contributed by atoms with van der Waals surface area (Å²) in [4.78, 5) is 4.24. The third-order valence-corrected chi connectivity index (χ3v) is 3.26. The van der Waals surface area contributed by atoms with Gasteiger partial charge in [0.05, 0.1) is 5.54 Å². The topological polar surface area (TPSA) is 12.4 Å². The van der Waals surface area contributed by atoms with Gasteiger partial charge in [-0.15, -0.1) is 0 Å². The predicted octanol–water partition coefficient (Wildman–Crippen LogP) is 4.09. The van der Waals surface area contributed by atoms with Crippen LogP contribution in [0, 0.1) is 11.3 Å². The van der Waals surface area contributed by atoms with Crippen LogP contribution in [0.25, 0.3) is 0 Å². The Morgan fingerprint density at radius 3 is 2.07 bits per heavy atom. The lowest BCUT2D eigenvalue weighted by Crippen LogP contribution is -2.31. The lowest BCUT2D eigenvalue weighted by molar-refractivity contribution is 0.195. The molecule has 0 aromatic heterocycles. The second-order valence-electron chi connectivity index (χ2n) is 5.34. The number of hydrogen-bond acceptors (Lipinski definition) is 1. The van der Waals surface area contributed by atoms with Crippen LogP contribution >= 0.6 is 0 Å². The van der Waals surface area contributed by atoms with E-state index in [9.17, 15) is 0 Å². The minimum absolute atomic E-state index is 0.109.